The van der Waals surface area contributed by atoms with Crippen molar-refractivity contribution in [1.29, 1.82) is 0 Å². The normalized spacial score (nSPS) is 19.7. The molecule has 1 N–H and O–H groups in total. The molecule has 0 bridgehead atoms. The molecule has 126 valence electrons. The van der Waals surface area contributed by atoms with Crippen molar-refractivity contribution in [1.82, 2.24) is 5.32 Å². The average molecular weight is 339 g/mol. The summed E-state index contributed by atoms with van der Waals surface area (Å²) in [6.07, 6.45) is 1.10. The van der Waals surface area contributed by atoms with Gasteiger partial charge in [0.2, 0.25) is 0 Å². The first-order chi connectivity index (χ1) is 10.4. The Morgan fingerprint density at radius 2 is 1.61 bits per heavy atom. The van der Waals surface area contributed by atoms with E-state index in [1.807, 2.05) is 27.7 Å². The van der Waals surface area contributed by atoms with Crippen LogP contribution in [0.15, 0.2) is 23.1 Å². The van der Waals surface area contributed by atoms with E-state index in [0.29, 0.717) is 5.46 Å². The van der Waals surface area contributed by atoms with Crippen molar-refractivity contribution in [2.75, 3.05) is 13.3 Å². The Morgan fingerprint density at radius 1 is 1.09 bits per heavy atom. The molecule has 0 atom stereocenters. The van der Waals surface area contributed by atoms with Crippen LogP contribution in [0.5, 0.6) is 0 Å². The Hall–Kier alpha value is -1.38. The zero-order valence-corrected chi connectivity index (χ0v) is 15.1. The lowest BCUT2D eigenvalue weighted by atomic mass is 9.78. The van der Waals surface area contributed by atoms with Crippen molar-refractivity contribution >= 4 is 28.3 Å². The Labute approximate surface area is 137 Å². The Morgan fingerprint density at radius 3 is 2.04 bits per heavy atom. The highest BCUT2D eigenvalue weighted by Gasteiger charge is 2.51. The van der Waals surface area contributed by atoms with E-state index in [1.165, 1.54) is 19.2 Å². The van der Waals surface area contributed by atoms with Crippen LogP contribution in [0.2, 0.25) is 0 Å². The van der Waals surface area contributed by atoms with Gasteiger partial charge in [0.05, 0.1) is 16.1 Å². The molecule has 8 heteroatoms. The molecule has 6 nitrogen and oxygen atoms in total. The molecule has 1 aromatic rings. The molecule has 1 aromatic carbocycles. The average Bonchev–Trinajstić information content (AvgIpc) is 2.65. The molecule has 1 fully saturated rings. The third kappa shape index (κ3) is 3.44. The van der Waals surface area contributed by atoms with Crippen LogP contribution in [-0.2, 0) is 19.1 Å². The maximum atomic E-state index is 11.9. The van der Waals surface area contributed by atoms with E-state index in [0.717, 1.165) is 6.26 Å². The van der Waals surface area contributed by atoms with Crippen molar-refractivity contribution < 1.29 is 22.5 Å². The van der Waals surface area contributed by atoms with Gasteiger partial charge in [0.15, 0.2) is 9.84 Å². The molecular formula is C15H22BNO5S. The van der Waals surface area contributed by atoms with Crippen LogP contribution in [0.1, 0.15) is 38.1 Å². The highest BCUT2D eigenvalue weighted by molar-refractivity contribution is 7.90. The first kappa shape index (κ1) is 18.0. The van der Waals surface area contributed by atoms with Gasteiger partial charge in [-0.25, -0.2) is 8.42 Å². The van der Waals surface area contributed by atoms with Crippen LogP contribution in [0.25, 0.3) is 0 Å². The van der Waals surface area contributed by atoms with Crippen LogP contribution in [-0.4, -0.2) is 45.9 Å². The van der Waals surface area contributed by atoms with Crippen molar-refractivity contribution in [2.45, 2.75) is 43.8 Å². The van der Waals surface area contributed by atoms with Gasteiger partial charge in [-0.2, -0.15) is 0 Å². The molecule has 1 aliphatic rings. The SMILES string of the molecule is CNC(=O)c1cc(B2OC(C)(C)C(C)(C)O2)cc(S(C)(=O)=O)c1. The summed E-state index contributed by atoms with van der Waals surface area (Å²) in [4.78, 5) is 12.0. The molecule has 1 saturated heterocycles. The number of benzene rings is 1. The molecular weight excluding hydrogens is 317 g/mol. The maximum absolute atomic E-state index is 11.9. The fourth-order valence-electron chi connectivity index (χ4n) is 2.23. The van der Waals surface area contributed by atoms with Gasteiger partial charge in [-0.05, 0) is 51.4 Å². The van der Waals surface area contributed by atoms with Crippen LogP contribution < -0.4 is 10.8 Å². The molecule has 2 rings (SSSR count). The minimum absolute atomic E-state index is 0.0586. The van der Waals surface area contributed by atoms with Crippen molar-refractivity contribution in [3.63, 3.8) is 0 Å². The molecule has 1 amide bonds. The number of carbonyl (C=O) groups is 1. The standard InChI is InChI=1S/C15H22BNO5S/c1-14(2)15(3,4)22-16(21-14)11-7-10(13(18)17-5)8-12(9-11)23(6,19)20/h7-9H,1-6H3,(H,17,18). The van der Waals surface area contributed by atoms with Gasteiger partial charge >= 0.3 is 7.12 Å². The first-order valence-electron chi connectivity index (χ1n) is 7.30. The monoisotopic (exact) mass is 339 g/mol. The van der Waals surface area contributed by atoms with E-state index in [1.54, 1.807) is 6.07 Å². The second kappa shape index (κ2) is 5.61. The van der Waals surface area contributed by atoms with Crippen LogP contribution in [0, 0.1) is 0 Å². The fourth-order valence-corrected chi connectivity index (χ4v) is 2.92. The van der Waals surface area contributed by atoms with E-state index < -0.39 is 28.2 Å². The summed E-state index contributed by atoms with van der Waals surface area (Å²) in [5.74, 6) is -0.367. The molecule has 1 aliphatic heterocycles. The van der Waals surface area contributed by atoms with Gasteiger partial charge in [0, 0.05) is 18.9 Å². The van der Waals surface area contributed by atoms with E-state index >= 15 is 0 Å². The number of hydrogen-bond donors (Lipinski definition) is 1. The largest absolute Gasteiger partial charge is 0.494 e. The van der Waals surface area contributed by atoms with Crippen LogP contribution in [0.3, 0.4) is 0 Å². The molecule has 0 aliphatic carbocycles. The second-order valence-corrected chi connectivity index (χ2v) is 8.75. The third-order valence-corrected chi connectivity index (χ3v) is 5.46. The predicted molar refractivity (Wildman–Crippen MR) is 88.7 cm³/mol. The Bertz CT molecular complexity index is 726. The quantitative estimate of drug-likeness (QED) is 0.822. The van der Waals surface area contributed by atoms with Crippen LogP contribution in [0.4, 0.5) is 0 Å². The summed E-state index contributed by atoms with van der Waals surface area (Å²) in [6.45, 7) is 7.64. The molecule has 0 unspecified atom stereocenters. The lowest BCUT2D eigenvalue weighted by Crippen LogP contribution is -2.41. The first-order valence-corrected chi connectivity index (χ1v) is 9.19. The minimum Gasteiger partial charge on any atom is -0.399 e. The van der Waals surface area contributed by atoms with Gasteiger partial charge in [-0.1, -0.05) is 0 Å². The number of rotatable bonds is 3. The molecule has 0 radical (unpaired) electrons. The molecule has 23 heavy (non-hydrogen) atoms. The topological polar surface area (TPSA) is 81.7 Å². The smallest absolute Gasteiger partial charge is 0.399 e. The summed E-state index contributed by atoms with van der Waals surface area (Å²) in [5.41, 5.74) is -0.344. The summed E-state index contributed by atoms with van der Waals surface area (Å²) in [5, 5.41) is 2.49. The van der Waals surface area contributed by atoms with Gasteiger partial charge in [-0.15, -0.1) is 0 Å². The van der Waals surface area contributed by atoms with Gasteiger partial charge in [0.1, 0.15) is 0 Å². The van der Waals surface area contributed by atoms with Gasteiger partial charge in [0.25, 0.3) is 5.91 Å². The summed E-state index contributed by atoms with van der Waals surface area (Å²) >= 11 is 0. The van der Waals surface area contributed by atoms with Gasteiger partial charge in [-0.3, -0.25) is 4.79 Å². The molecule has 1 heterocycles. The highest BCUT2D eigenvalue weighted by Crippen LogP contribution is 2.36. The fraction of sp³-hybridized carbons (Fsp3) is 0.533. The van der Waals surface area contributed by atoms with Crippen LogP contribution >= 0.6 is 0 Å². The summed E-state index contributed by atoms with van der Waals surface area (Å²) in [6, 6.07) is 4.43. The number of carbonyl (C=O) groups excluding carboxylic acids is 1. The maximum Gasteiger partial charge on any atom is 0.494 e. The number of nitrogens with one attached hydrogen (secondary N) is 1. The minimum atomic E-state index is -3.47. The zero-order chi connectivity index (χ0) is 17.6. The third-order valence-electron chi connectivity index (χ3n) is 4.37. The lowest BCUT2D eigenvalue weighted by Gasteiger charge is -2.32. The Kier molecular flexibility index (Phi) is 4.38. The van der Waals surface area contributed by atoms with Crippen molar-refractivity contribution in [2.24, 2.45) is 0 Å². The van der Waals surface area contributed by atoms with Gasteiger partial charge < -0.3 is 14.6 Å². The predicted octanol–water partition coefficient (Wildman–Crippen LogP) is 0.749. The summed E-state index contributed by atoms with van der Waals surface area (Å²) < 4.78 is 35.7. The lowest BCUT2D eigenvalue weighted by molar-refractivity contribution is 0.00578. The van der Waals surface area contributed by atoms with E-state index in [9.17, 15) is 13.2 Å². The van der Waals surface area contributed by atoms with E-state index in [2.05, 4.69) is 5.32 Å². The molecule has 0 aromatic heterocycles. The number of amides is 1. The second-order valence-electron chi connectivity index (χ2n) is 6.73. The molecule has 0 spiro atoms. The van der Waals surface area contributed by atoms with E-state index in [-0.39, 0.29) is 16.4 Å². The number of hydrogen-bond acceptors (Lipinski definition) is 5. The van der Waals surface area contributed by atoms with Crippen molar-refractivity contribution in [3.8, 4) is 0 Å². The highest BCUT2D eigenvalue weighted by atomic mass is 32.2. The number of sulfone groups is 1. The van der Waals surface area contributed by atoms with Crippen molar-refractivity contribution in [3.05, 3.63) is 23.8 Å². The molecule has 0 saturated carbocycles. The Balaban J connectivity index is 2.53. The zero-order valence-electron chi connectivity index (χ0n) is 14.3. The summed E-state index contributed by atoms with van der Waals surface area (Å²) in [7, 11) is -2.71. The van der Waals surface area contributed by atoms with E-state index in [4.69, 9.17) is 9.31 Å².